The van der Waals surface area contributed by atoms with Crippen molar-refractivity contribution in [2.45, 2.75) is 0 Å². The Hall–Kier alpha value is -3.46. The zero-order valence-electron chi connectivity index (χ0n) is 11.3. The van der Waals surface area contributed by atoms with Gasteiger partial charge in [-0.1, -0.05) is 12.1 Å². The molecule has 0 fully saturated rings. The summed E-state index contributed by atoms with van der Waals surface area (Å²) in [4.78, 5) is 12.0. The van der Waals surface area contributed by atoms with Crippen molar-refractivity contribution in [1.82, 2.24) is 0 Å². The topological polar surface area (TPSA) is 114 Å². The predicted molar refractivity (Wildman–Crippen MR) is 80.1 cm³/mol. The van der Waals surface area contributed by atoms with Crippen molar-refractivity contribution >= 4 is 17.7 Å². The van der Waals surface area contributed by atoms with Crippen molar-refractivity contribution in [2.24, 2.45) is 0 Å². The van der Waals surface area contributed by atoms with E-state index in [9.17, 15) is 20.1 Å². The summed E-state index contributed by atoms with van der Waals surface area (Å²) in [7, 11) is 0. The zero-order chi connectivity index (χ0) is 16.1. The molecule has 0 aliphatic rings. The molecule has 0 bridgehead atoms. The van der Waals surface area contributed by atoms with Crippen LogP contribution in [0.4, 0.5) is 5.69 Å². The molecule has 0 aliphatic heterocycles. The number of amides is 1. The van der Waals surface area contributed by atoms with Gasteiger partial charge in [0, 0.05) is 11.8 Å². The van der Waals surface area contributed by atoms with Gasteiger partial charge in [-0.05, 0) is 35.9 Å². The predicted octanol–water partition coefficient (Wildman–Crippen LogP) is 2.35. The minimum absolute atomic E-state index is 0.0104. The number of carbonyl (C=O) groups excluding carboxylic acids is 1. The SMILES string of the molecule is N#C/C(=C\c1ccc(O)c(O)c1)C(=O)Nc1cccc(O)c1. The number of rotatable bonds is 3. The molecular formula is C16H12N2O4. The van der Waals surface area contributed by atoms with Gasteiger partial charge < -0.3 is 20.6 Å². The smallest absolute Gasteiger partial charge is 0.266 e. The number of anilines is 1. The molecule has 1 amide bonds. The molecule has 0 aromatic heterocycles. The van der Waals surface area contributed by atoms with E-state index in [2.05, 4.69) is 5.32 Å². The van der Waals surface area contributed by atoms with Crippen molar-refractivity contribution in [3.8, 4) is 23.3 Å². The monoisotopic (exact) mass is 296 g/mol. The molecule has 2 rings (SSSR count). The number of hydrogen-bond donors (Lipinski definition) is 4. The lowest BCUT2D eigenvalue weighted by Crippen LogP contribution is -2.13. The second-order valence-electron chi connectivity index (χ2n) is 4.42. The molecule has 0 radical (unpaired) electrons. The lowest BCUT2D eigenvalue weighted by atomic mass is 10.1. The van der Waals surface area contributed by atoms with Gasteiger partial charge in [-0.15, -0.1) is 0 Å². The van der Waals surface area contributed by atoms with E-state index < -0.39 is 5.91 Å². The molecule has 0 saturated heterocycles. The number of carbonyl (C=O) groups is 1. The molecule has 0 saturated carbocycles. The molecule has 2 aromatic rings. The van der Waals surface area contributed by atoms with E-state index in [0.29, 0.717) is 11.3 Å². The van der Waals surface area contributed by atoms with Gasteiger partial charge in [0.15, 0.2) is 11.5 Å². The first-order valence-electron chi connectivity index (χ1n) is 6.24. The van der Waals surface area contributed by atoms with E-state index in [1.54, 1.807) is 18.2 Å². The fourth-order valence-electron chi connectivity index (χ4n) is 1.73. The molecule has 4 N–H and O–H groups in total. The fraction of sp³-hybridized carbons (Fsp3) is 0. The minimum Gasteiger partial charge on any atom is -0.508 e. The summed E-state index contributed by atoms with van der Waals surface area (Å²) < 4.78 is 0. The third-order valence-electron chi connectivity index (χ3n) is 2.78. The van der Waals surface area contributed by atoms with E-state index in [1.165, 1.54) is 36.4 Å². The molecule has 6 nitrogen and oxygen atoms in total. The van der Waals surface area contributed by atoms with E-state index in [-0.39, 0.29) is 22.8 Å². The summed E-state index contributed by atoms with van der Waals surface area (Å²) in [5.41, 5.74) is 0.547. The summed E-state index contributed by atoms with van der Waals surface area (Å²) in [5, 5.41) is 39.5. The van der Waals surface area contributed by atoms with Crippen LogP contribution >= 0.6 is 0 Å². The number of nitrogens with zero attached hydrogens (tertiary/aromatic N) is 1. The Labute approximate surface area is 126 Å². The number of phenolic OH excluding ortho intramolecular Hbond substituents is 3. The maximum Gasteiger partial charge on any atom is 0.266 e. The molecule has 0 heterocycles. The van der Waals surface area contributed by atoms with Gasteiger partial charge in [-0.25, -0.2) is 0 Å². The Bertz CT molecular complexity index is 791. The Morgan fingerprint density at radius 2 is 1.86 bits per heavy atom. The highest BCUT2D eigenvalue weighted by Gasteiger charge is 2.10. The second-order valence-corrected chi connectivity index (χ2v) is 4.42. The first-order chi connectivity index (χ1) is 10.5. The highest BCUT2D eigenvalue weighted by molar-refractivity contribution is 6.09. The quantitative estimate of drug-likeness (QED) is 0.394. The standard InChI is InChI=1S/C16H12N2O4/c17-9-11(6-10-4-5-14(20)15(21)7-10)16(22)18-12-2-1-3-13(19)8-12/h1-8,19-21H,(H,18,22)/b11-6+. The van der Waals surface area contributed by atoms with Crippen LogP contribution in [0.2, 0.25) is 0 Å². The molecule has 22 heavy (non-hydrogen) atoms. The Balaban J connectivity index is 2.23. The maximum atomic E-state index is 12.0. The van der Waals surface area contributed by atoms with Crippen molar-refractivity contribution in [2.75, 3.05) is 5.32 Å². The Kier molecular flexibility index (Phi) is 4.30. The average molecular weight is 296 g/mol. The first-order valence-corrected chi connectivity index (χ1v) is 6.24. The van der Waals surface area contributed by atoms with Gasteiger partial charge in [-0.2, -0.15) is 5.26 Å². The molecule has 6 heteroatoms. The highest BCUT2D eigenvalue weighted by Crippen LogP contribution is 2.26. The fourth-order valence-corrected chi connectivity index (χ4v) is 1.73. The third-order valence-corrected chi connectivity index (χ3v) is 2.78. The van der Waals surface area contributed by atoms with Gasteiger partial charge in [-0.3, -0.25) is 4.79 Å². The largest absolute Gasteiger partial charge is 0.508 e. The van der Waals surface area contributed by atoms with Crippen LogP contribution in [0.25, 0.3) is 6.08 Å². The maximum absolute atomic E-state index is 12.0. The van der Waals surface area contributed by atoms with Crippen LogP contribution in [0.15, 0.2) is 48.0 Å². The number of hydrogen-bond acceptors (Lipinski definition) is 5. The number of nitrogens with one attached hydrogen (secondary N) is 1. The summed E-state index contributed by atoms with van der Waals surface area (Å²) in [6.45, 7) is 0. The second kappa shape index (κ2) is 6.33. The van der Waals surface area contributed by atoms with Crippen LogP contribution in [0.3, 0.4) is 0 Å². The van der Waals surface area contributed by atoms with Crippen LogP contribution in [0.5, 0.6) is 17.2 Å². The molecule has 2 aromatic carbocycles. The minimum atomic E-state index is -0.652. The lowest BCUT2D eigenvalue weighted by Gasteiger charge is -2.05. The van der Waals surface area contributed by atoms with Crippen molar-refractivity contribution < 1.29 is 20.1 Å². The molecule has 110 valence electrons. The summed E-state index contributed by atoms with van der Waals surface area (Å²) >= 11 is 0. The Morgan fingerprint density at radius 1 is 1.09 bits per heavy atom. The Morgan fingerprint density at radius 3 is 2.50 bits per heavy atom. The van der Waals surface area contributed by atoms with E-state index >= 15 is 0 Å². The zero-order valence-corrected chi connectivity index (χ0v) is 11.3. The van der Waals surface area contributed by atoms with Crippen molar-refractivity contribution in [3.05, 3.63) is 53.6 Å². The lowest BCUT2D eigenvalue weighted by molar-refractivity contribution is -0.112. The van der Waals surface area contributed by atoms with E-state index in [0.717, 1.165) is 0 Å². The number of nitriles is 1. The number of phenols is 3. The van der Waals surface area contributed by atoms with E-state index in [1.807, 2.05) is 0 Å². The summed E-state index contributed by atoms with van der Waals surface area (Å²) in [5.74, 6) is -1.30. The number of benzene rings is 2. The van der Waals surface area contributed by atoms with Crippen LogP contribution in [-0.4, -0.2) is 21.2 Å². The molecule has 0 aliphatic carbocycles. The first kappa shape index (κ1) is 14.9. The molecule has 0 unspecified atom stereocenters. The van der Waals surface area contributed by atoms with Crippen LogP contribution in [0.1, 0.15) is 5.56 Å². The van der Waals surface area contributed by atoms with Gasteiger partial charge in [0.05, 0.1) is 0 Å². The summed E-state index contributed by atoms with van der Waals surface area (Å²) in [6, 6.07) is 11.6. The third kappa shape index (κ3) is 3.55. The number of aromatic hydroxyl groups is 3. The van der Waals surface area contributed by atoms with Gasteiger partial charge in [0.1, 0.15) is 17.4 Å². The molecular weight excluding hydrogens is 284 g/mol. The van der Waals surface area contributed by atoms with Gasteiger partial charge >= 0.3 is 0 Å². The normalized spacial score (nSPS) is 10.8. The highest BCUT2D eigenvalue weighted by atomic mass is 16.3. The van der Waals surface area contributed by atoms with E-state index in [4.69, 9.17) is 5.26 Å². The average Bonchev–Trinajstić information content (AvgIpc) is 2.48. The van der Waals surface area contributed by atoms with Gasteiger partial charge in [0.2, 0.25) is 0 Å². The molecule has 0 spiro atoms. The van der Waals surface area contributed by atoms with Crippen molar-refractivity contribution in [3.63, 3.8) is 0 Å². The van der Waals surface area contributed by atoms with Crippen LogP contribution in [-0.2, 0) is 4.79 Å². The summed E-state index contributed by atoms with van der Waals surface area (Å²) in [6.07, 6.45) is 1.28. The van der Waals surface area contributed by atoms with Gasteiger partial charge in [0.25, 0.3) is 5.91 Å². The van der Waals surface area contributed by atoms with Crippen LogP contribution < -0.4 is 5.32 Å². The van der Waals surface area contributed by atoms with Crippen LogP contribution in [0, 0.1) is 11.3 Å². The van der Waals surface area contributed by atoms with Crippen molar-refractivity contribution in [1.29, 1.82) is 5.26 Å². The molecule has 0 atom stereocenters.